The van der Waals surface area contributed by atoms with Gasteiger partial charge in [0.05, 0.1) is 0 Å². The van der Waals surface area contributed by atoms with Crippen LogP contribution in [-0.4, -0.2) is 37.2 Å². The molecule has 0 spiro atoms. The highest BCUT2D eigenvalue weighted by Gasteiger charge is 2.19. The Bertz CT molecular complexity index is 936. The number of carbonyl (C=O) groups excluding carboxylic acids is 3. The molecule has 0 N–H and O–H groups in total. The van der Waals surface area contributed by atoms with Gasteiger partial charge in [-0.15, -0.1) is 0 Å². The van der Waals surface area contributed by atoms with E-state index in [-0.39, 0.29) is 31.1 Å². The first-order valence-corrected chi connectivity index (χ1v) is 28.5. The van der Waals surface area contributed by atoms with Gasteiger partial charge in [0.1, 0.15) is 13.2 Å². The summed E-state index contributed by atoms with van der Waals surface area (Å²) in [6, 6.07) is 0. The highest BCUT2D eigenvalue weighted by Crippen LogP contribution is 2.18. The Labute approximate surface area is 393 Å². The SMILES string of the molecule is CCCCCCCCCCCCCCCCCCCCCCCCCCCCC(=O)OCC(COC(=O)CCCCCCCCCCC)OC(=O)CCCCCCCCCCCC. The van der Waals surface area contributed by atoms with Gasteiger partial charge in [0.2, 0.25) is 0 Å². The number of unbranched alkanes of at least 4 members (excludes halogenated alkanes) is 42. The van der Waals surface area contributed by atoms with Gasteiger partial charge in [-0.25, -0.2) is 0 Å². The third-order valence-electron chi connectivity index (χ3n) is 13.1. The van der Waals surface area contributed by atoms with E-state index in [0.29, 0.717) is 19.3 Å². The normalized spacial score (nSPS) is 11.9. The molecule has 0 aliphatic carbocycles. The fourth-order valence-corrected chi connectivity index (χ4v) is 8.80. The summed E-state index contributed by atoms with van der Waals surface area (Å²) in [4.78, 5) is 37.9. The van der Waals surface area contributed by atoms with Gasteiger partial charge >= 0.3 is 17.9 Å². The van der Waals surface area contributed by atoms with Crippen molar-refractivity contribution in [3.05, 3.63) is 0 Å². The smallest absolute Gasteiger partial charge is 0.306 e. The third-order valence-corrected chi connectivity index (χ3v) is 13.1. The summed E-state index contributed by atoms with van der Waals surface area (Å²) in [6.45, 7) is 6.66. The Hall–Kier alpha value is -1.59. The van der Waals surface area contributed by atoms with Crippen molar-refractivity contribution in [1.82, 2.24) is 0 Å². The summed E-state index contributed by atoms with van der Waals surface area (Å²) in [5.41, 5.74) is 0. The fourth-order valence-electron chi connectivity index (χ4n) is 8.80. The van der Waals surface area contributed by atoms with Crippen LogP contribution < -0.4 is 0 Å². The number of esters is 3. The number of ether oxygens (including phenoxy) is 3. The van der Waals surface area contributed by atoms with Crippen molar-refractivity contribution >= 4 is 17.9 Å². The molecule has 63 heavy (non-hydrogen) atoms. The first-order valence-electron chi connectivity index (χ1n) is 28.5. The molecule has 0 aromatic rings. The van der Waals surface area contributed by atoms with E-state index in [4.69, 9.17) is 14.2 Å². The minimum absolute atomic E-state index is 0.0621. The van der Waals surface area contributed by atoms with Gasteiger partial charge in [0.15, 0.2) is 6.10 Å². The molecule has 0 saturated carbocycles. The summed E-state index contributed by atoms with van der Waals surface area (Å²) in [6.07, 6.45) is 58.4. The van der Waals surface area contributed by atoms with Crippen LogP contribution in [0.4, 0.5) is 0 Å². The number of hydrogen-bond donors (Lipinski definition) is 0. The Morgan fingerprint density at radius 3 is 0.635 bits per heavy atom. The van der Waals surface area contributed by atoms with Crippen LogP contribution in [0.3, 0.4) is 0 Å². The lowest BCUT2D eigenvalue weighted by Gasteiger charge is -2.18. The first-order chi connectivity index (χ1) is 31.0. The van der Waals surface area contributed by atoms with Crippen molar-refractivity contribution in [3.63, 3.8) is 0 Å². The van der Waals surface area contributed by atoms with Crippen molar-refractivity contribution in [2.45, 2.75) is 335 Å². The van der Waals surface area contributed by atoms with E-state index in [2.05, 4.69) is 20.8 Å². The summed E-state index contributed by atoms with van der Waals surface area (Å²) in [5, 5.41) is 0. The van der Waals surface area contributed by atoms with Gasteiger partial charge < -0.3 is 14.2 Å². The maximum Gasteiger partial charge on any atom is 0.306 e. The highest BCUT2D eigenvalue weighted by molar-refractivity contribution is 5.71. The second-order valence-corrected chi connectivity index (χ2v) is 19.6. The molecule has 0 aliphatic rings. The quantitative estimate of drug-likeness (QED) is 0.0344. The maximum atomic E-state index is 12.7. The average Bonchev–Trinajstić information content (AvgIpc) is 3.28. The molecule has 0 aromatic heterocycles. The molecule has 0 aromatic carbocycles. The predicted octanol–water partition coefficient (Wildman–Crippen LogP) is 18.8. The van der Waals surface area contributed by atoms with Crippen molar-refractivity contribution < 1.29 is 28.6 Å². The van der Waals surface area contributed by atoms with Gasteiger partial charge in [-0.05, 0) is 19.3 Å². The van der Waals surface area contributed by atoms with E-state index in [1.54, 1.807) is 0 Å². The number of rotatable bonds is 53. The van der Waals surface area contributed by atoms with E-state index in [1.165, 1.54) is 231 Å². The molecular formula is C57H110O6. The van der Waals surface area contributed by atoms with Crippen LogP contribution in [-0.2, 0) is 28.6 Å². The summed E-state index contributed by atoms with van der Waals surface area (Å²) < 4.78 is 16.8. The van der Waals surface area contributed by atoms with Crippen LogP contribution in [0.2, 0.25) is 0 Å². The Balaban J connectivity index is 4.01. The van der Waals surface area contributed by atoms with Crippen molar-refractivity contribution in [2.75, 3.05) is 13.2 Å². The van der Waals surface area contributed by atoms with E-state index in [9.17, 15) is 14.4 Å². The van der Waals surface area contributed by atoms with Crippen LogP contribution >= 0.6 is 0 Å². The Morgan fingerprint density at radius 1 is 0.254 bits per heavy atom. The standard InChI is InChI=1S/C57H110O6/c1-4-7-10-13-16-19-21-22-23-24-25-26-27-28-29-30-31-32-33-34-35-36-39-41-44-47-50-56(59)62-53-54(52-61-55(58)49-46-43-40-37-18-15-12-9-6-3)63-57(60)51-48-45-42-38-20-17-14-11-8-5-2/h54H,4-53H2,1-3H3. The number of hydrogen-bond acceptors (Lipinski definition) is 6. The monoisotopic (exact) mass is 891 g/mol. The van der Waals surface area contributed by atoms with E-state index in [0.717, 1.165) is 57.8 Å². The Kier molecular flexibility index (Phi) is 51.7. The lowest BCUT2D eigenvalue weighted by atomic mass is 10.0. The highest BCUT2D eigenvalue weighted by atomic mass is 16.6. The minimum Gasteiger partial charge on any atom is -0.462 e. The summed E-state index contributed by atoms with van der Waals surface area (Å²) in [7, 11) is 0. The topological polar surface area (TPSA) is 78.9 Å². The van der Waals surface area contributed by atoms with Crippen LogP contribution in [0.1, 0.15) is 329 Å². The second-order valence-electron chi connectivity index (χ2n) is 19.6. The molecule has 0 amide bonds. The molecule has 1 atom stereocenters. The van der Waals surface area contributed by atoms with Crippen LogP contribution in [0.5, 0.6) is 0 Å². The summed E-state index contributed by atoms with van der Waals surface area (Å²) >= 11 is 0. The molecule has 0 bridgehead atoms. The first kappa shape index (κ1) is 61.4. The summed E-state index contributed by atoms with van der Waals surface area (Å²) in [5.74, 6) is -0.845. The van der Waals surface area contributed by atoms with E-state index < -0.39 is 6.10 Å². The molecule has 0 heterocycles. The van der Waals surface area contributed by atoms with Crippen molar-refractivity contribution in [2.24, 2.45) is 0 Å². The lowest BCUT2D eigenvalue weighted by Crippen LogP contribution is -2.30. The molecule has 6 nitrogen and oxygen atoms in total. The molecule has 0 saturated heterocycles. The van der Waals surface area contributed by atoms with Gasteiger partial charge in [0.25, 0.3) is 0 Å². The zero-order valence-electron chi connectivity index (χ0n) is 42.9. The van der Waals surface area contributed by atoms with Gasteiger partial charge in [-0.3, -0.25) is 14.4 Å². The zero-order chi connectivity index (χ0) is 45.8. The lowest BCUT2D eigenvalue weighted by molar-refractivity contribution is -0.167. The maximum absolute atomic E-state index is 12.7. The molecule has 374 valence electrons. The largest absolute Gasteiger partial charge is 0.462 e. The van der Waals surface area contributed by atoms with Crippen molar-refractivity contribution in [1.29, 1.82) is 0 Å². The fraction of sp³-hybridized carbons (Fsp3) is 0.947. The molecule has 0 fully saturated rings. The van der Waals surface area contributed by atoms with E-state index in [1.807, 2.05) is 0 Å². The van der Waals surface area contributed by atoms with Gasteiger partial charge in [-0.1, -0.05) is 290 Å². The Morgan fingerprint density at radius 2 is 0.429 bits per heavy atom. The molecule has 6 heteroatoms. The number of carbonyl (C=O) groups is 3. The molecule has 0 radical (unpaired) electrons. The average molecular weight is 892 g/mol. The van der Waals surface area contributed by atoms with Crippen LogP contribution in [0, 0.1) is 0 Å². The molecule has 0 aliphatic heterocycles. The van der Waals surface area contributed by atoms with Gasteiger partial charge in [0, 0.05) is 19.3 Å². The van der Waals surface area contributed by atoms with E-state index >= 15 is 0 Å². The minimum atomic E-state index is -0.759. The molecule has 1 unspecified atom stereocenters. The van der Waals surface area contributed by atoms with Gasteiger partial charge in [-0.2, -0.15) is 0 Å². The van der Waals surface area contributed by atoms with Crippen LogP contribution in [0.15, 0.2) is 0 Å². The second kappa shape index (κ2) is 53.0. The third kappa shape index (κ3) is 51.3. The zero-order valence-corrected chi connectivity index (χ0v) is 42.9. The molecule has 0 rings (SSSR count). The van der Waals surface area contributed by atoms with Crippen molar-refractivity contribution in [3.8, 4) is 0 Å². The van der Waals surface area contributed by atoms with Crippen LogP contribution in [0.25, 0.3) is 0 Å². The predicted molar refractivity (Wildman–Crippen MR) is 270 cm³/mol. The molecular weight excluding hydrogens is 781 g/mol.